The number of thiazole rings is 1. The van der Waals surface area contributed by atoms with Crippen LogP contribution in [0.2, 0.25) is 0 Å². The van der Waals surface area contributed by atoms with Crippen LogP contribution in [0, 0.1) is 13.8 Å². The first-order valence-corrected chi connectivity index (χ1v) is 8.49. The molecule has 0 amide bonds. The summed E-state index contributed by atoms with van der Waals surface area (Å²) in [7, 11) is 3.49. The van der Waals surface area contributed by atoms with E-state index in [4.69, 9.17) is 4.74 Å². The normalized spacial score (nSPS) is 10.9. The molecule has 5 nitrogen and oxygen atoms in total. The van der Waals surface area contributed by atoms with Crippen LogP contribution >= 0.6 is 35.3 Å². The molecule has 1 heterocycles. The first-order chi connectivity index (χ1) is 11.1. The number of hydrogen-bond acceptors (Lipinski definition) is 4. The largest absolute Gasteiger partial charge is 0.496 e. The fourth-order valence-corrected chi connectivity index (χ4v) is 2.94. The minimum Gasteiger partial charge on any atom is -0.496 e. The number of nitrogens with one attached hydrogen (secondary N) is 2. The van der Waals surface area contributed by atoms with Crippen LogP contribution in [-0.4, -0.2) is 31.6 Å². The van der Waals surface area contributed by atoms with E-state index < -0.39 is 0 Å². The van der Waals surface area contributed by atoms with Crippen molar-refractivity contribution >= 4 is 41.3 Å². The van der Waals surface area contributed by atoms with Crippen molar-refractivity contribution in [2.24, 2.45) is 4.99 Å². The molecule has 0 radical (unpaired) electrons. The van der Waals surface area contributed by atoms with Crippen molar-refractivity contribution in [3.05, 3.63) is 45.4 Å². The average Bonchev–Trinajstić information content (AvgIpc) is 2.97. The lowest BCUT2D eigenvalue weighted by atomic mass is 10.1. The van der Waals surface area contributed by atoms with Crippen LogP contribution in [0.5, 0.6) is 5.75 Å². The van der Waals surface area contributed by atoms with Gasteiger partial charge in [-0.3, -0.25) is 4.99 Å². The lowest BCUT2D eigenvalue weighted by Crippen LogP contribution is -2.37. The van der Waals surface area contributed by atoms with Gasteiger partial charge in [-0.05, 0) is 37.5 Å². The SMILES string of the molecule is CN=C(NCCc1ccc(C)c(OC)c1)NCc1scnc1C.I. The predicted octanol–water partition coefficient (Wildman–Crippen LogP) is 3.29. The molecule has 0 aliphatic carbocycles. The molecule has 0 aliphatic heterocycles. The van der Waals surface area contributed by atoms with Crippen molar-refractivity contribution < 1.29 is 4.74 Å². The Morgan fingerprint density at radius 1 is 1.29 bits per heavy atom. The van der Waals surface area contributed by atoms with E-state index in [1.165, 1.54) is 10.4 Å². The average molecular weight is 460 g/mol. The Kier molecular flexibility index (Phi) is 9.05. The smallest absolute Gasteiger partial charge is 0.191 e. The molecular formula is C17H25IN4OS. The van der Waals surface area contributed by atoms with Gasteiger partial charge in [0.15, 0.2) is 5.96 Å². The maximum atomic E-state index is 5.36. The highest BCUT2D eigenvalue weighted by molar-refractivity contribution is 14.0. The van der Waals surface area contributed by atoms with Gasteiger partial charge in [0, 0.05) is 18.5 Å². The van der Waals surface area contributed by atoms with Crippen LogP contribution in [0.15, 0.2) is 28.7 Å². The number of guanidine groups is 1. The summed E-state index contributed by atoms with van der Waals surface area (Å²) >= 11 is 1.66. The summed E-state index contributed by atoms with van der Waals surface area (Å²) in [6.45, 7) is 5.63. The van der Waals surface area contributed by atoms with E-state index in [0.29, 0.717) is 0 Å². The third kappa shape index (κ3) is 5.94. The Balaban J connectivity index is 0.00000288. The lowest BCUT2D eigenvalue weighted by molar-refractivity contribution is 0.411. The van der Waals surface area contributed by atoms with E-state index in [-0.39, 0.29) is 24.0 Å². The number of ether oxygens (including phenoxy) is 1. The van der Waals surface area contributed by atoms with Crippen LogP contribution in [0.1, 0.15) is 21.7 Å². The van der Waals surface area contributed by atoms with E-state index in [2.05, 4.69) is 38.8 Å². The number of halogens is 1. The number of aliphatic imine (C=N–C) groups is 1. The fraction of sp³-hybridized carbons (Fsp3) is 0.412. The second-order valence-corrected chi connectivity index (χ2v) is 6.21. The highest BCUT2D eigenvalue weighted by Crippen LogP contribution is 2.19. The molecule has 2 rings (SSSR count). The Labute approximate surface area is 165 Å². The van der Waals surface area contributed by atoms with Crippen molar-refractivity contribution in [2.45, 2.75) is 26.8 Å². The van der Waals surface area contributed by atoms with Crippen molar-refractivity contribution in [2.75, 3.05) is 20.7 Å². The Morgan fingerprint density at radius 2 is 2.08 bits per heavy atom. The third-order valence-electron chi connectivity index (χ3n) is 3.66. The van der Waals surface area contributed by atoms with Crippen LogP contribution in [-0.2, 0) is 13.0 Å². The molecule has 24 heavy (non-hydrogen) atoms. The van der Waals surface area contributed by atoms with Crippen LogP contribution in [0.25, 0.3) is 0 Å². The van der Waals surface area contributed by atoms with Crippen molar-refractivity contribution in [1.29, 1.82) is 0 Å². The molecular weight excluding hydrogens is 435 g/mol. The van der Waals surface area contributed by atoms with Gasteiger partial charge in [0.1, 0.15) is 5.75 Å². The summed E-state index contributed by atoms with van der Waals surface area (Å²) in [5.74, 6) is 1.74. The van der Waals surface area contributed by atoms with E-state index in [1.807, 2.05) is 19.4 Å². The van der Waals surface area contributed by atoms with Gasteiger partial charge in [-0.15, -0.1) is 35.3 Å². The molecule has 2 aromatic rings. The zero-order chi connectivity index (χ0) is 16.7. The predicted molar refractivity (Wildman–Crippen MR) is 112 cm³/mol. The minimum absolute atomic E-state index is 0. The van der Waals surface area contributed by atoms with Crippen LogP contribution < -0.4 is 15.4 Å². The molecule has 0 saturated carbocycles. The number of methoxy groups -OCH3 is 1. The van der Waals surface area contributed by atoms with Gasteiger partial charge in [-0.2, -0.15) is 0 Å². The van der Waals surface area contributed by atoms with Gasteiger partial charge in [0.05, 0.1) is 24.9 Å². The zero-order valence-electron chi connectivity index (χ0n) is 14.5. The molecule has 2 N–H and O–H groups in total. The summed E-state index contributed by atoms with van der Waals surface area (Å²) < 4.78 is 5.36. The standard InChI is InChI=1S/C17H24N4OS.HI/c1-12-5-6-14(9-15(12)22-4)7-8-19-17(18-3)20-10-16-13(2)21-11-23-16;/h5-6,9,11H,7-8,10H2,1-4H3,(H2,18,19,20);1H. The van der Waals surface area contributed by atoms with Gasteiger partial charge in [0.25, 0.3) is 0 Å². The second-order valence-electron chi connectivity index (χ2n) is 5.27. The Hall–Kier alpha value is -1.35. The molecule has 0 spiro atoms. The quantitative estimate of drug-likeness (QED) is 0.395. The molecule has 0 aliphatic rings. The first kappa shape index (κ1) is 20.7. The van der Waals surface area contributed by atoms with E-state index in [9.17, 15) is 0 Å². The molecule has 1 aromatic heterocycles. The number of hydrogen-bond donors (Lipinski definition) is 2. The van der Waals surface area contributed by atoms with Crippen molar-refractivity contribution in [3.63, 3.8) is 0 Å². The number of aryl methyl sites for hydroxylation is 2. The molecule has 0 fully saturated rings. The third-order valence-corrected chi connectivity index (χ3v) is 4.60. The van der Waals surface area contributed by atoms with E-state index >= 15 is 0 Å². The summed E-state index contributed by atoms with van der Waals surface area (Å²) in [4.78, 5) is 9.73. The van der Waals surface area contributed by atoms with Crippen LogP contribution in [0.4, 0.5) is 0 Å². The maximum absolute atomic E-state index is 5.36. The first-order valence-electron chi connectivity index (χ1n) is 7.61. The van der Waals surface area contributed by atoms with Crippen LogP contribution in [0.3, 0.4) is 0 Å². The number of rotatable bonds is 6. The molecule has 1 aromatic carbocycles. The van der Waals surface area contributed by atoms with Gasteiger partial charge in [-0.1, -0.05) is 12.1 Å². The lowest BCUT2D eigenvalue weighted by Gasteiger charge is -2.12. The number of benzene rings is 1. The molecule has 0 saturated heterocycles. The van der Waals surface area contributed by atoms with Crippen molar-refractivity contribution in [1.82, 2.24) is 15.6 Å². The van der Waals surface area contributed by atoms with E-state index in [1.54, 1.807) is 25.5 Å². The van der Waals surface area contributed by atoms with Gasteiger partial charge >= 0.3 is 0 Å². The topological polar surface area (TPSA) is 58.5 Å². The zero-order valence-corrected chi connectivity index (χ0v) is 17.7. The monoisotopic (exact) mass is 460 g/mol. The molecule has 0 unspecified atom stereocenters. The summed E-state index contributed by atoms with van der Waals surface area (Å²) in [5.41, 5.74) is 5.34. The fourth-order valence-electron chi connectivity index (χ4n) is 2.23. The Bertz CT molecular complexity index is 672. The van der Waals surface area contributed by atoms with Gasteiger partial charge in [0.2, 0.25) is 0 Å². The summed E-state index contributed by atoms with van der Waals surface area (Å²) in [6, 6.07) is 6.32. The number of nitrogens with zero attached hydrogens (tertiary/aromatic N) is 2. The van der Waals surface area contributed by atoms with E-state index in [0.717, 1.165) is 42.5 Å². The molecule has 0 atom stereocenters. The van der Waals surface area contributed by atoms with Gasteiger partial charge < -0.3 is 15.4 Å². The molecule has 132 valence electrons. The minimum atomic E-state index is 0. The highest BCUT2D eigenvalue weighted by atomic mass is 127. The Morgan fingerprint density at radius 3 is 2.71 bits per heavy atom. The summed E-state index contributed by atoms with van der Waals surface area (Å²) in [6.07, 6.45) is 0.914. The van der Waals surface area contributed by atoms with Crippen molar-refractivity contribution in [3.8, 4) is 5.75 Å². The molecule has 7 heteroatoms. The second kappa shape index (κ2) is 10.5. The highest BCUT2D eigenvalue weighted by Gasteiger charge is 2.04. The maximum Gasteiger partial charge on any atom is 0.191 e. The number of aromatic nitrogens is 1. The summed E-state index contributed by atoms with van der Waals surface area (Å²) in [5, 5.41) is 6.65. The van der Waals surface area contributed by atoms with Gasteiger partial charge in [-0.25, -0.2) is 4.98 Å². The molecule has 0 bridgehead atoms.